The Balaban J connectivity index is 0.000000613. The highest BCUT2D eigenvalue weighted by atomic mass is 16.3. The minimum Gasteiger partial charge on any atom is -0.483 e. The van der Waals surface area contributed by atoms with E-state index in [1.807, 2.05) is 24.4 Å². The molecule has 2 aromatic heterocycles. The molecule has 1 fully saturated rings. The lowest BCUT2D eigenvalue weighted by Gasteiger charge is -2.37. The van der Waals surface area contributed by atoms with Gasteiger partial charge in [0, 0.05) is 23.5 Å². The highest BCUT2D eigenvalue weighted by molar-refractivity contribution is 5.50. The van der Waals surface area contributed by atoms with Gasteiger partial charge in [-0.25, -0.2) is 4.98 Å². The molecule has 6 heteroatoms. The molecule has 0 bridgehead atoms. The number of nitrogens with one attached hydrogen (secondary N) is 2. The highest BCUT2D eigenvalue weighted by Gasteiger charge is 2.37. The monoisotopic (exact) mass is 350 g/mol. The molecule has 0 unspecified atom stereocenters. The maximum Gasteiger partial charge on any atom is 0.290 e. The molecule has 4 rings (SSSR count). The van der Waals surface area contributed by atoms with Crippen LogP contribution < -0.4 is 5.32 Å². The van der Waals surface area contributed by atoms with Crippen molar-refractivity contribution in [3.8, 4) is 11.5 Å². The normalized spacial score (nSPS) is 15.5. The van der Waals surface area contributed by atoms with Gasteiger partial charge in [0.15, 0.2) is 5.82 Å². The van der Waals surface area contributed by atoms with Crippen LogP contribution in [-0.2, 0) is 10.2 Å². The predicted octanol–water partition coefficient (Wildman–Crippen LogP) is 2.84. The lowest BCUT2D eigenvalue weighted by Crippen LogP contribution is -2.41. The topological polar surface area (TPSA) is 90.9 Å². The number of carbonyl (C=O) groups is 1. The van der Waals surface area contributed by atoms with Crippen molar-refractivity contribution in [1.82, 2.24) is 20.3 Å². The second-order valence-electron chi connectivity index (χ2n) is 6.16. The molecule has 26 heavy (non-hydrogen) atoms. The van der Waals surface area contributed by atoms with Crippen molar-refractivity contribution in [1.29, 1.82) is 0 Å². The maximum absolute atomic E-state index is 8.36. The summed E-state index contributed by atoms with van der Waals surface area (Å²) >= 11 is 0. The number of aromatic amines is 1. The summed E-state index contributed by atoms with van der Waals surface area (Å²) in [5.41, 5.74) is 3.44. The average Bonchev–Trinajstić information content (AvgIpc) is 3.21. The average molecular weight is 350 g/mol. The van der Waals surface area contributed by atoms with Crippen molar-refractivity contribution in [3.63, 3.8) is 0 Å². The molecule has 1 saturated heterocycles. The second-order valence-corrected chi connectivity index (χ2v) is 6.16. The first-order valence-electron chi connectivity index (χ1n) is 8.61. The van der Waals surface area contributed by atoms with Crippen molar-refractivity contribution >= 4 is 6.47 Å². The maximum atomic E-state index is 8.36. The first-order valence-corrected chi connectivity index (χ1v) is 8.61. The first kappa shape index (κ1) is 17.8. The number of H-pyrrole nitrogens is 1. The molecule has 3 N–H and O–H groups in total. The van der Waals surface area contributed by atoms with E-state index in [-0.39, 0.29) is 11.9 Å². The van der Waals surface area contributed by atoms with Crippen LogP contribution in [0.25, 0.3) is 11.5 Å². The number of benzene rings is 1. The van der Waals surface area contributed by atoms with Gasteiger partial charge in [-0.3, -0.25) is 9.78 Å². The van der Waals surface area contributed by atoms with Crippen LogP contribution in [0.5, 0.6) is 0 Å². The minimum absolute atomic E-state index is 0.00649. The Morgan fingerprint density at radius 3 is 2.35 bits per heavy atom. The van der Waals surface area contributed by atoms with Crippen LogP contribution in [0.4, 0.5) is 0 Å². The van der Waals surface area contributed by atoms with E-state index < -0.39 is 0 Å². The molecule has 6 nitrogen and oxygen atoms in total. The number of piperidine rings is 1. The highest BCUT2D eigenvalue weighted by Crippen LogP contribution is 2.39. The molecule has 1 aliphatic rings. The largest absolute Gasteiger partial charge is 0.483 e. The lowest BCUT2D eigenvalue weighted by molar-refractivity contribution is -0.122. The fraction of sp³-hybridized carbons (Fsp3) is 0.250. The third kappa shape index (κ3) is 3.65. The number of carboxylic acid groups (broad SMARTS) is 1. The molecule has 0 aliphatic carbocycles. The summed E-state index contributed by atoms with van der Waals surface area (Å²) in [5, 5.41) is 10.4. The van der Waals surface area contributed by atoms with E-state index in [2.05, 4.69) is 50.6 Å². The van der Waals surface area contributed by atoms with Crippen LogP contribution in [0.15, 0.2) is 60.9 Å². The number of hydrogen-bond acceptors (Lipinski definition) is 4. The van der Waals surface area contributed by atoms with E-state index in [1.54, 1.807) is 6.20 Å². The molecule has 0 atom stereocenters. The molecular weight excluding hydrogens is 328 g/mol. The van der Waals surface area contributed by atoms with Crippen LogP contribution >= 0.6 is 0 Å². The number of imidazole rings is 1. The molecule has 3 heterocycles. The van der Waals surface area contributed by atoms with Gasteiger partial charge >= 0.3 is 0 Å². The predicted molar refractivity (Wildman–Crippen MR) is 99.8 cm³/mol. The standard InChI is InChI=1S/C19H20N4.CH2O2/c1-2-6-15(7-3-1)19(9-12-20-13-10-19)17-14-22-18(23-17)16-8-4-5-11-21-16;2-1-3/h1-8,11,14,20H,9-10,12-13H2,(H,22,23);1H,(H,2,3). The fourth-order valence-electron chi connectivity index (χ4n) is 3.52. The van der Waals surface area contributed by atoms with Gasteiger partial charge in [-0.2, -0.15) is 0 Å². The summed E-state index contributed by atoms with van der Waals surface area (Å²) < 4.78 is 0. The Morgan fingerprint density at radius 2 is 1.69 bits per heavy atom. The zero-order chi connectivity index (χ0) is 18.2. The van der Waals surface area contributed by atoms with Crippen LogP contribution in [0, 0.1) is 0 Å². The van der Waals surface area contributed by atoms with Crippen molar-refractivity contribution in [2.24, 2.45) is 0 Å². The Hall–Kier alpha value is -2.99. The van der Waals surface area contributed by atoms with Crippen LogP contribution in [0.1, 0.15) is 24.1 Å². The summed E-state index contributed by atoms with van der Waals surface area (Å²) in [6.45, 7) is 1.79. The summed E-state index contributed by atoms with van der Waals surface area (Å²) in [4.78, 5) is 20.9. The van der Waals surface area contributed by atoms with E-state index in [0.29, 0.717) is 0 Å². The van der Waals surface area contributed by atoms with Crippen molar-refractivity contribution in [3.05, 3.63) is 72.2 Å². The van der Waals surface area contributed by atoms with Gasteiger partial charge in [-0.1, -0.05) is 36.4 Å². The number of pyridine rings is 1. The second kappa shape index (κ2) is 8.40. The van der Waals surface area contributed by atoms with Gasteiger partial charge in [0.05, 0.1) is 0 Å². The quantitative estimate of drug-likeness (QED) is 0.632. The van der Waals surface area contributed by atoms with E-state index in [1.165, 1.54) is 11.3 Å². The Bertz CT molecular complexity index is 812. The van der Waals surface area contributed by atoms with E-state index >= 15 is 0 Å². The third-order valence-electron chi connectivity index (χ3n) is 4.78. The summed E-state index contributed by atoms with van der Waals surface area (Å²) in [6, 6.07) is 16.7. The molecule has 0 amide bonds. The summed E-state index contributed by atoms with van der Waals surface area (Å²) in [5.74, 6) is 0.842. The zero-order valence-corrected chi connectivity index (χ0v) is 14.4. The van der Waals surface area contributed by atoms with Gasteiger partial charge in [0.25, 0.3) is 6.47 Å². The number of nitrogens with zero attached hydrogens (tertiary/aromatic N) is 2. The molecule has 3 aromatic rings. The van der Waals surface area contributed by atoms with Gasteiger partial charge in [-0.05, 0) is 43.6 Å². The van der Waals surface area contributed by atoms with Gasteiger partial charge in [0.1, 0.15) is 5.69 Å². The summed E-state index contributed by atoms with van der Waals surface area (Å²) in [6.07, 6.45) is 5.93. The van der Waals surface area contributed by atoms with Gasteiger partial charge in [-0.15, -0.1) is 0 Å². The molecule has 134 valence electrons. The van der Waals surface area contributed by atoms with Crippen molar-refractivity contribution < 1.29 is 9.90 Å². The Morgan fingerprint density at radius 1 is 1.00 bits per heavy atom. The molecular formula is C20H22N4O2. The van der Waals surface area contributed by atoms with Crippen molar-refractivity contribution in [2.75, 3.05) is 13.1 Å². The van der Waals surface area contributed by atoms with Crippen molar-refractivity contribution in [2.45, 2.75) is 18.3 Å². The minimum atomic E-state index is -0.250. The fourth-order valence-corrected chi connectivity index (χ4v) is 3.52. The summed E-state index contributed by atoms with van der Waals surface area (Å²) in [7, 11) is 0. The smallest absolute Gasteiger partial charge is 0.290 e. The zero-order valence-electron chi connectivity index (χ0n) is 14.4. The lowest BCUT2D eigenvalue weighted by atomic mass is 9.71. The van der Waals surface area contributed by atoms with E-state index in [0.717, 1.165) is 37.4 Å². The Kier molecular flexibility index (Phi) is 5.76. The van der Waals surface area contributed by atoms with Gasteiger partial charge in [0.2, 0.25) is 0 Å². The molecule has 0 saturated carbocycles. The molecule has 1 aliphatic heterocycles. The van der Waals surface area contributed by atoms with Crippen LogP contribution in [0.3, 0.4) is 0 Å². The van der Waals surface area contributed by atoms with Crippen LogP contribution in [-0.4, -0.2) is 39.6 Å². The molecule has 1 aromatic carbocycles. The molecule has 0 spiro atoms. The van der Waals surface area contributed by atoms with Gasteiger partial charge < -0.3 is 15.4 Å². The number of hydrogen-bond donors (Lipinski definition) is 3. The number of rotatable bonds is 3. The Labute approximate surface area is 152 Å². The SMILES string of the molecule is O=CO.c1ccc(C2(c3cnc(-c4ccccn4)[nH]3)CCNCC2)cc1. The number of aromatic nitrogens is 3. The first-order chi connectivity index (χ1) is 12.8. The third-order valence-corrected chi connectivity index (χ3v) is 4.78. The van der Waals surface area contributed by atoms with E-state index in [4.69, 9.17) is 9.90 Å². The van der Waals surface area contributed by atoms with E-state index in [9.17, 15) is 0 Å². The van der Waals surface area contributed by atoms with Crippen LogP contribution in [0.2, 0.25) is 0 Å². The molecule has 0 radical (unpaired) electrons.